The van der Waals surface area contributed by atoms with Crippen LogP contribution < -0.4 is 5.32 Å². The maximum Gasteiger partial charge on any atom is 0.337 e. The highest BCUT2D eigenvalue weighted by atomic mass is 16.5. The number of anilines is 1. The van der Waals surface area contributed by atoms with Crippen molar-refractivity contribution in [2.24, 2.45) is 0 Å². The Bertz CT molecular complexity index is 1610. The van der Waals surface area contributed by atoms with Gasteiger partial charge in [0.15, 0.2) is 0 Å². The Kier molecular flexibility index (Phi) is 9.28. The van der Waals surface area contributed by atoms with Gasteiger partial charge in [0, 0.05) is 52.6 Å². The number of fused-ring (bicyclic) bond motifs is 2. The quantitative estimate of drug-likeness (QED) is 0.142. The van der Waals surface area contributed by atoms with Crippen molar-refractivity contribution in [3.05, 3.63) is 77.9 Å². The number of hydrogen-bond donors (Lipinski definition) is 1. The minimum atomic E-state index is -0.382. The zero-order valence-corrected chi connectivity index (χ0v) is 23.9. The van der Waals surface area contributed by atoms with Crippen LogP contribution in [0.1, 0.15) is 28.8 Å². The van der Waals surface area contributed by atoms with Crippen LogP contribution in [0.25, 0.3) is 33.5 Å². The van der Waals surface area contributed by atoms with Crippen LogP contribution in [-0.4, -0.2) is 66.2 Å². The number of carbonyl (C=O) groups excluding carboxylic acids is 1. The van der Waals surface area contributed by atoms with Crippen molar-refractivity contribution >= 4 is 34.0 Å². The standard InChI is InChI=1S/C32H37N5O4/c1-39-20-8-18-36-28-15-14-24(31(38)41-3)22-27(28)34-30(36)25-12-7-13-26-29(25)37(19-9-21-40-2)32(35-26)33-17-16-23-10-5-4-6-11-23/h4-7,10-15,22H,8-9,16-21H2,1-3H3,(H,33,35). The largest absolute Gasteiger partial charge is 0.465 e. The molecule has 2 heterocycles. The van der Waals surface area contributed by atoms with Gasteiger partial charge >= 0.3 is 5.97 Å². The third-order valence-corrected chi connectivity index (χ3v) is 7.18. The fourth-order valence-corrected chi connectivity index (χ4v) is 5.22. The zero-order valence-electron chi connectivity index (χ0n) is 23.9. The molecule has 0 unspecified atom stereocenters. The molecular formula is C32H37N5O4. The third kappa shape index (κ3) is 6.26. The first-order chi connectivity index (χ1) is 20.1. The molecule has 214 valence electrons. The van der Waals surface area contributed by atoms with Crippen LogP contribution in [0.3, 0.4) is 0 Å². The molecule has 0 aliphatic heterocycles. The molecule has 0 saturated heterocycles. The maximum atomic E-state index is 12.3. The van der Waals surface area contributed by atoms with Gasteiger partial charge in [0.2, 0.25) is 5.95 Å². The predicted molar refractivity (Wildman–Crippen MR) is 161 cm³/mol. The lowest BCUT2D eigenvalue weighted by atomic mass is 10.1. The number of para-hydroxylation sites is 1. The number of imidazole rings is 2. The van der Waals surface area contributed by atoms with E-state index in [1.807, 2.05) is 24.3 Å². The van der Waals surface area contributed by atoms with E-state index in [2.05, 4.69) is 44.8 Å². The minimum Gasteiger partial charge on any atom is -0.465 e. The number of rotatable bonds is 14. The molecule has 41 heavy (non-hydrogen) atoms. The van der Waals surface area contributed by atoms with E-state index in [0.29, 0.717) is 25.3 Å². The summed E-state index contributed by atoms with van der Waals surface area (Å²) < 4.78 is 20.1. The molecule has 0 saturated carbocycles. The number of ether oxygens (including phenoxy) is 3. The molecule has 0 aliphatic carbocycles. The van der Waals surface area contributed by atoms with E-state index in [9.17, 15) is 4.79 Å². The van der Waals surface area contributed by atoms with Crippen molar-refractivity contribution in [2.75, 3.05) is 46.4 Å². The van der Waals surface area contributed by atoms with E-state index in [1.54, 1.807) is 26.4 Å². The van der Waals surface area contributed by atoms with Gasteiger partial charge in [-0.15, -0.1) is 0 Å². The summed E-state index contributed by atoms with van der Waals surface area (Å²) in [5.74, 6) is 1.27. The zero-order chi connectivity index (χ0) is 28.6. The predicted octanol–water partition coefficient (Wildman–Crippen LogP) is 5.57. The number of benzene rings is 3. The molecule has 0 spiro atoms. The van der Waals surface area contributed by atoms with Crippen LogP contribution >= 0.6 is 0 Å². The normalized spacial score (nSPS) is 11.4. The van der Waals surface area contributed by atoms with E-state index in [4.69, 9.17) is 24.2 Å². The first-order valence-corrected chi connectivity index (χ1v) is 14.0. The van der Waals surface area contributed by atoms with E-state index >= 15 is 0 Å². The van der Waals surface area contributed by atoms with Crippen LogP contribution in [-0.2, 0) is 33.7 Å². The van der Waals surface area contributed by atoms with E-state index in [-0.39, 0.29) is 5.97 Å². The van der Waals surface area contributed by atoms with Crippen LogP contribution in [0.2, 0.25) is 0 Å². The molecule has 9 heteroatoms. The molecule has 0 radical (unpaired) electrons. The topological polar surface area (TPSA) is 92.4 Å². The SMILES string of the molecule is COCCCn1c(-c2cccc3nc(NCCc4ccccc4)n(CCCOC)c23)nc2cc(C(=O)OC)ccc21. The molecule has 1 N–H and O–H groups in total. The summed E-state index contributed by atoms with van der Waals surface area (Å²) in [6.45, 7) is 3.50. The summed E-state index contributed by atoms with van der Waals surface area (Å²) in [4.78, 5) is 22.3. The Morgan fingerprint density at radius 1 is 0.829 bits per heavy atom. The van der Waals surface area contributed by atoms with Crippen LogP contribution in [0.15, 0.2) is 66.7 Å². The molecule has 3 aromatic carbocycles. The number of nitrogens with one attached hydrogen (secondary N) is 1. The lowest BCUT2D eigenvalue weighted by Crippen LogP contribution is -2.12. The lowest BCUT2D eigenvalue weighted by Gasteiger charge is -2.14. The number of methoxy groups -OCH3 is 3. The van der Waals surface area contributed by atoms with Crippen molar-refractivity contribution in [2.45, 2.75) is 32.4 Å². The van der Waals surface area contributed by atoms with Gasteiger partial charge in [-0.25, -0.2) is 14.8 Å². The van der Waals surface area contributed by atoms with E-state index in [0.717, 1.165) is 71.8 Å². The minimum absolute atomic E-state index is 0.382. The summed E-state index contributed by atoms with van der Waals surface area (Å²) in [6.07, 6.45) is 2.56. The average Bonchev–Trinajstić information content (AvgIpc) is 3.55. The number of aromatic nitrogens is 4. The van der Waals surface area contributed by atoms with Crippen LogP contribution in [0, 0.1) is 0 Å². The highest BCUT2D eigenvalue weighted by Crippen LogP contribution is 2.33. The smallest absolute Gasteiger partial charge is 0.337 e. The first kappa shape index (κ1) is 28.3. The molecule has 0 aliphatic rings. The van der Waals surface area contributed by atoms with Gasteiger partial charge in [0.25, 0.3) is 0 Å². The number of nitrogens with zero attached hydrogens (tertiary/aromatic N) is 4. The Labute approximate surface area is 240 Å². The molecule has 9 nitrogen and oxygen atoms in total. The molecule has 0 bridgehead atoms. The third-order valence-electron chi connectivity index (χ3n) is 7.18. The average molecular weight is 556 g/mol. The monoisotopic (exact) mass is 555 g/mol. The van der Waals surface area contributed by atoms with E-state index < -0.39 is 0 Å². The van der Waals surface area contributed by atoms with Crippen molar-refractivity contribution < 1.29 is 19.0 Å². The second-order valence-electron chi connectivity index (χ2n) is 9.90. The van der Waals surface area contributed by atoms with Crippen LogP contribution in [0.5, 0.6) is 0 Å². The van der Waals surface area contributed by atoms with Gasteiger partial charge in [-0.1, -0.05) is 36.4 Å². The van der Waals surface area contributed by atoms with Crippen molar-refractivity contribution in [3.63, 3.8) is 0 Å². The molecule has 0 atom stereocenters. The Morgan fingerprint density at radius 3 is 2.32 bits per heavy atom. The highest BCUT2D eigenvalue weighted by molar-refractivity contribution is 5.97. The van der Waals surface area contributed by atoms with Crippen molar-refractivity contribution in [1.29, 1.82) is 0 Å². The Morgan fingerprint density at radius 2 is 1.59 bits per heavy atom. The molecule has 0 fully saturated rings. The second-order valence-corrected chi connectivity index (χ2v) is 9.90. The van der Waals surface area contributed by atoms with Gasteiger partial charge in [-0.3, -0.25) is 0 Å². The molecule has 5 rings (SSSR count). The fourth-order valence-electron chi connectivity index (χ4n) is 5.22. The number of carbonyl (C=O) groups is 1. The fraction of sp³-hybridized carbons (Fsp3) is 0.344. The maximum absolute atomic E-state index is 12.3. The Hall–Kier alpha value is -4.21. The van der Waals surface area contributed by atoms with Gasteiger partial charge in [0.1, 0.15) is 5.82 Å². The van der Waals surface area contributed by atoms with Crippen LogP contribution in [0.4, 0.5) is 5.95 Å². The number of hydrogen-bond acceptors (Lipinski definition) is 7. The van der Waals surface area contributed by atoms with Crippen molar-refractivity contribution in [1.82, 2.24) is 19.1 Å². The molecule has 0 amide bonds. The Balaban J connectivity index is 1.59. The van der Waals surface area contributed by atoms with Crippen molar-refractivity contribution in [3.8, 4) is 11.4 Å². The summed E-state index contributed by atoms with van der Waals surface area (Å²) in [6, 6.07) is 22.1. The van der Waals surface area contributed by atoms with Gasteiger partial charge in [0.05, 0.1) is 34.7 Å². The van der Waals surface area contributed by atoms with Gasteiger partial charge < -0.3 is 28.7 Å². The molecule has 2 aromatic heterocycles. The summed E-state index contributed by atoms with van der Waals surface area (Å²) >= 11 is 0. The summed E-state index contributed by atoms with van der Waals surface area (Å²) in [5.41, 5.74) is 6.34. The van der Waals surface area contributed by atoms with Gasteiger partial charge in [-0.05, 0) is 55.2 Å². The molecular weight excluding hydrogens is 518 g/mol. The number of aryl methyl sites for hydroxylation is 2. The molecule has 5 aromatic rings. The highest BCUT2D eigenvalue weighted by Gasteiger charge is 2.21. The second kappa shape index (κ2) is 13.4. The first-order valence-electron chi connectivity index (χ1n) is 14.0. The summed E-state index contributed by atoms with van der Waals surface area (Å²) in [7, 11) is 4.82. The summed E-state index contributed by atoms with van der Waals surface area (Å²) in [5, 5.41) is 3.58. The number of esters is 1. The van der Waals surface area contributed by atoms with Gasteiger partial charge in [-0.2, -0.15) is 0 Å². The van der Waals surface area contributed by atoms with E-state index in [1.165, 1.54) is 12.7 Å². The lowest BCUT2D eigenvalue weighted by molar-refractivity contribution is 0.0601.